The van der Waals surface area contributed by atoms with Crippen LogP contribution in [0.1, 0.15) is 30.1 Å². The first-order valence-corrected chi connectivity index (χ1v) is 8.14. The van der Waals surface area contributed by atoms with Gasteiger partial charge in [-0.05, 0) is 42.7 Å². The topological polar surface area (TPSA) is 37.3 Å². The second kappa shape index (κ2) is 5.81. The van der Waals surface area contributed by atoms with Gasteiger partial charge in [0.05, 0.1) is 12.6 Å². The number of nitrogens with zero attached hydrogens (tertiary/aromatic N) is 2. The van der Waals surface area contributed by atoms with Gasteiger partial charge in [-0.15, -0.1) is 0 Å². The minimum absolute atomic E-state index is 0.00990. The normalized spacial score (nSPS) is 21.0. The summed E-state index contributed by atoms with van der Waals surface area (Å²) in [6.07, 6.45) is 4.25. The fourth-order valence-electron chi connectivity index (χ4n) is 3.31. The highest BCUT2D eigenvalue weighted by atomic mass is 19.1. The number of rotatable bonds is 4. The Labute approximate surface area is 134 Å². The molecule has 1 aliphatic carbocycles. The molecule has 4 rings (SSSR count). The van der Waals surface area contributed by atoms with Crippen molar-refractivity contribution in [3.8, 4) is 0 Å². The van der Waals surface area contributed by atoms with Crippen molar-refractivity contribution in [2.24, 2.45) is 0 Å². The number of carbonyl (C=O) groups excluding carboxylic acids is 1. The van der Waals surface area contributed by atoms with Crippen molar-refractivity contribution in [3.63, 3.8) is 0 Å². The first-order valence-electron chi connectivity index (χ1n) is 8.14. The molecule has 1 aliphatic heterocycles. The van der Waals surface area contributed by atoms with Gasteiger partial charge in [-0.1, -0.05) is 12.1 Å². The molecule has 1 N–H and O–H groups in total. The zero-order valence-corrected chi connectivity index (χ0v) is 12.9. The highest BCUT2D eigenvalue weighted by molar-refractivity contribution is 5.78. The van der Waals surface area contributed by atoms with E-state index in [1.807, 2.05) is 18.2 Å². The summed E-state index contributed by atoms with van der Waals surface area (Å²) in [5.74, 6) is -0.155. The van der Waals surface area contributed by atoms with Crippen LogP contribution in [0.25, 0.3) is 0 Å². The van der Waals surface area contributed by atoms with Crippen molar-refractivity contribution in [2.45, 2.75) is 31.5 Å². The molecule has 1 atom stereocenters. The lowest BCUT2D eigenvalue weighted by molar-refractivity contribution is -0.123. The Kier molecular flexibility index (Phi) is 3.65. The number of aromatic nitrogens is 1. The summed E-state index contributed by atoms with van der Waals surface area (Å²) < 4.78 is 15.5. The number of amides is 1. The highest BCUT2D eigenvalue weighted by Gasteiger charge is 2.31. The van der Waals surface area contributed by atoms with Crippen LogP contribution in [-0.4, -0.2) is 34.5 Å². The number of fused-ring (bicyclic) bond motifs is 1. The van der Waals surface area contributed by atoms with E-state index in [4.69, 9.17) is 0 Å². The van der Waals surface area contributed by atoms with Crippen LogP contribution in [0.4, 0.5) is 4.39 Å². The van der Waals surface area contributed by atoms with Crippen LogP contribution in [-0.2, 0) is 11.3 Å². The number of nitrogens with one attached hydrogen (secondary N) is 1. The van der Waals surface area contributed by atoms with Crippen molar-refractivity contribution in [3.05, 3.63) is 59.7 Å². The summed E-state index contributed by atoms with van der Waals surface area (Å²) in [7, 11) is 0. The largest absolute Gasteiger partial charge is 0.352 e. The lowest BCUT2D eigenvalue weighted by Gasteiger charge is -2.36. The van der Waals surface area contributed by atoms with Crippen molar-refractivity contribution < 1.29 is 9.18 Å². The van der Waals surface area contributed by atoms with Gasteiger partial charge in [0.25, 0.3) is 0 Å². The molecular formula is C18H20FN3O. The predicted molar refractivity (Wildman–Crippen MR) is 85.4 cm³/mol. The van der Waals surface area contributed by atoms with Gasteiger partial charge in [0.15, 0.2) is 0 Å². The summed E-state index contributed by atoms with van der Waals surface area (Å²) in [4.78, 5) is 14.4. The fraction of sp³-hybridized carbons (Fsp3) is 0.389. The van der Waals surface area contributed by atoms with Gasteiger partial charge in [-0.3, -0.25) is 9.69 Å². The maximum Gasteiger partial charge on any atom is 0.234 e. The quantitative estimate of drug-likeness (QED) is 0.940. The van der Waals surface area contributed by atoms with E-state index < -0.39 is 0 Å². The third-order valence-corrected chi connectivity index (χ3v) is 4.61. The number of hydrogen-bond donors (Lipinski definition) is 1. The van der Waals surface area contributed by atoms with Gasteiger partial charge in [0.1, 0.15) is 5.82 Å². The van der Waals surface area contributed by atoms with Crippen LogP contribution in [0.2, 0.25) is 0 Å². The lowest BCUT2D eigenvalue weighted by Crippen LogP contribution is -2.44. The Morgan fingerprint density at radius 1 is 1.17 bits per heavy atom. The smallest absolute Gasteiger partial charge is 0.234 e. The molecule has 1 saturated carbocycles. The maximum atomic E-state index is 13.3. The monoisotopic (exact) mass is 313 g/mol. The van der Waals surface area contributed by atoms with Crippen molar-refractivity contribution in [1.29, 1.82) is 0 Å². The lowest BCUT2D eigenvalue weighted by atomic mass is 10.00. The molecule has 1 amide bonds. The number of hydrogen-bond acceptors (Lipinski definition) is 2. The van der Waals surface area contributed by atoms with Gasteiger partial charge in [0, 0.05) is 31.0 Å². The fourth-order valence-corrected chi connectivity index (χ4v) is 3.31. The average molecular weight is 313 g/mol. The highest BCUT2D eigenvalue weighted by Crippen LogP contribution is 2.32. The molecule has 2 heterocycles. The summed E-state index contributed by atoms with van der Waals surface area (Å²) in [6, 6.07) is 11.1. The van der Waals surface area contributed by atoms with E-state index in [9.17, 15) is 9.18 Å². The van der Waals surface area contributed by atoms with Crippen LogP contribution in [0.15, 0.2) is 42.6 Å². The molecule has 1 fully saturated rings. The van der Waals surface area contributed by atoms with Gasteiger partial charge in [-0.2, -0.15) is 0 Å². The first kappa shape index (κ1) is 14.5. The molecule has 1 aromatic carbocycles. The SMILES string of the molecule is O=C(CN1CCn2cccc2[C@H]1c1ccc(F)cc1)NC1CC1. The summed E-state index contributed by atoms with van der Waals surface area (Å²) in [5.41, 5.74) is 2.17. The summed E-state index contributed by atoms with van der Waals surface area (Å²) >= 11 is 0. The van der Waals surface area contributed by atoms with Crippen molar-refractivity contribution in [1.82, 2.24) is 14.8 Å². The minimum atomic E-state index is -0.238. The third kappa shape index (κ3) is 3.01. The molecule has 2 aliphatic rings. The Morgan fingerprint density at radius 3 is 2.70 bits per heavy atom. The predicted octanol–water partition coefficient (Wildman–Crippen LogP) is 2.31. The Morgan fingerprint density at radius 2 is 1.96 bits per heavy atom. The zero-order chi connectivity index (χ0) is 15.8. The number of benzene rings is 1. The molecule has 120 valence electrons. The standard InChI is InChI=1S/C18H20FN3O/c19-14-5-3-13(4-6-14)18-16-2-1-9-21(16)10-11-22(18)12-17(23)20-15-7-8-15/h1-6,9,15,18H,7-8,10-12H2,(H,20,23)/t18-/m1/s1. The summed E-state index contributed by atoms with van der Waals surface area (Å²) in [5, 5.41) is 3.05. The van der Waals surface area contributed by atoms with Gasteiger partial charge in [-0.25, -0.2) is 4.39 Å². The van der Waals surface area contributed by atoms with Crippen molar-refractivity contribution in [2.75, 3.05) is 13.1 Å². The third-order valence-electron chi connectivity index (χ3n) is 4.61. The summed E-state index contributed by atoms with van der Waals surface area (Å²) in [6.45, 7) is 2.06. The maximum absolute atomic E-state index is 13.3. The average Bonchev–Trinajstić information content (AvgIpc) is 3.22. The molecule has 0 spiro atoms. The van der Waals surface area contributed by atoms with Crippen LogP contribution < -0.4 is 5.32 Å². The molecule has 5 heteroatoms. The molecule has 0 bridgehead atoms. The van der Waals surface area contributed by atoms with E-state index in [-0.39, 0.29) is 17.8 Å². The molecule has 4 nitrogen and oxygen atoms in total. The van der Waals surface area contributed by atoms with Crippen molar-refractivity contribution >= 4 is 5.91 Å². The van der Waals surface area contributed by atoms with E-state index >= 15 is 0 Å². The number of halogens is 1. The molecule has 0 saturated heterocycles. The van der Waals surface area contributed by atoms with E-state index in [0.29, 0.717) is 12.6 Å². The van der Waals surface area contributed by atoms with Gasteiger partial charge < -0.3 is 9.88 Å². The molecule has 1 aromatic heterocycles. The molecule has 0 unspecified atom stereocenters. The van der Waals surface area contributed by atoms with E-state index in [1.165, 1.54) is 12.1 Å². The number of carbonyl (C=O) groups is 1. The molecule has 2 aromatic rings. The second-order valence-electron chi connectivity index (χ2n) is 6.39. The van der Waals surface area contributed by atoms with Crippen LogP contribution in [0.3, 0.4) is 0 Å². The molecule has 0 radical (unpaired) electrons. The molecular weight excluding hydrogens is 293 g/mol. The first-order chi connectivity index (χ1) is 11.2. The van der Waals surface area contributed by atoms with E-state index in [1.54, 1.807) is 0 Å². The van der Waals surface area contributed by atoms with Crippen LogP contribution in [0.5, 0.6) is 0 Å². The van der Waals surface area contributed by atoms with Gasteiger partial charge >= 0.3 is 0 Å². The molecule has 23 heavy (non-hydrogen) atoms. The minimum Gasteiger partial charge on any atom is -0.352 e. The zero-order valence-electron chi connectivity index (χ0n) is 12.9. The Balaban J connectivity index is 1.61. The van der Waals surface area contributed by atoms with E-state index in [0.717, 1.165) is 37.2 Å². The van der Waals surface area contributed by atoms with E-state index in [2.05, 4.69) is 27.0 Å². The Bertz CT molecular complexity index is 705. The second-order valence-corrected chi connectivity index (χ2v) is 6.39. The van der Waals surface area contributed by atoms with Crippen LogP contribution >= 0.6 is 0 Å². The Hall–Kier alpha value is -2.14. The van der Waals surface area contributed by atoms with Crippen LogP contribution in [0, 0.1) is 5.82 Å². The van der Waals surface area contributed by atoms with Gasteiger partial charge in [0.2, 0.25) is 5.91 Å².